The van der Waals surface area contributed by atoms with Crippen LogP contribution >= 0.6 is 11.3 Å². The van der Waals surface area contributed by atoms with E-state index in [0.29, 0.717) is 24.9 Å². The second kappa shape index (κ2) is 11.5. The molecule has 0 atom stereocenters. The van der Waals surface area contributed by atoms with Gasteiger partial charge in [-0.3, -0.25) is 9.59 Å². The van der Waals surface area contributed by atoms with Crippen molar-refractivity contribution in [1.82, 2.24) is 10.3 Å². The molecule has 0 fully saturated rings. The number of ether oxygens (including phenoxy) is 1. The first kappa shape index (κ1) is 22.1. The first-order valence-electron chi connectivity index (χ1n) is 10.4. The van der Waals surface area contributed by atoms with Gasteiger partial charge in [0.1, 0.15) is 11.3 Å². The Morgan fingerprint density at radius 3 is 2.70 bits per heavy atom. The summed E-state index contributed by atoms with van der Waals surface area (Å²) in [6.45, 7) is 1.96. The number of H-pyrrole nitrogens is 1. The molecular formula is C23H28N2O4S. The van der Waals surface area contributed by atoms with Crippen molar-refractivity contribution in [3.8, 4) is 5.75 Å². The van der Waals surface area contributed by atoms with Crippen molar-refractivity contribution >= 4 is 27.5 Å². The van der Waals surface area contributed by atoms with Crippen molar-refractivity contribution in [2.75, 3.05) is 19.8 Å². The second-order valence-electron chi connectivity index (χ2n) is 7.22. The molecule has 0 saturated heterocycles. The summed E-state index contributed by atoms with van der Waals surface area (Å²) >= 11 is 1.08. The number of aromatic nitrogens is 1. The van der Waals surface area contributed by atoms with E-state index in [1.807, 2.05) is 18.2 Å². The summed E-state index contributed by atoms with van der Waals surface area (Å²) < 4.78 is 6.41. The van der Waals surface area contributed by atoms with Crippen molar-refractivity contribution in [1.29, 1.82) is 0 Å². The van der Waals surface area contributed by atoms with Crippen molar-refractivity contribution in [3.05, 3.63) is 63.3 Å². The standard InChI is InChI=1S/C23H28N2O4S/c26-19-11-10-18(22-21(19)25-23(28)30-22)12-14-24-20(27)9-5-2-6-15-29-16-13-17-7-3-1-4-8-17/h1,3-4,7-8,10-11,26H,2,5-6,9,12-16H2,(H,24,27)(H,25,28). The van der Waals surface area contributed by atoms with Crippen LogP contribution in [0.3, 0.4) is 0 Å². The lowest BCUT2D eigenvalue weighted by Gasteiger charge is -2.07. The topological polar surface area (TPSA) is 91.4 Å². The van der Waals surface area contributed by atoms with Gasteiger partial charge in [-0.15, -0.1) is 0 Å². The van der Waals surface area contributed by atoms with Crippen LogP contribution in [0.25, 0.3) is 10.2 Å². The van der Waals surface area contributed by atoms with Crippen LogP contribution in [-0.2, 0) is 22.4 Å². The summed E-state index contributed by atoms with van der Waals surface area (Å²) in [5.41, 5.74) is 2.70. The van der Waals surface area contributed by atoms with Gasteiger partial charge in [0, 0.05) is 19.6 Å². The maximum absolute atomic E-state index is 12.0. The maximum atomic E-state index is 12.0. The summed E-state index contributed by atoms with van der Waals surface area (Å²) in [6, 6.07) is 13.7. The number of aromatic hydroxyl groups is 1. The second-order valence-corrected chi connectivity index (χ2v) is 8.20. The maximum Gasteiger partial charge on any atom is 0.305 e. The van der Waals surface area contributed by atoms with Gasteiger partial charge in [-0.1, -0.05) is 54.2 Å². The third-order valence-corrected chi connectivity index (χ3v) is 5.88. The predicted octanol–water partition coefficient (Wildman–Crippen LogP) is 3.77. The highest BCUT2D eigenvalue weighted by molar-refractivity contribution is 7.16. The molecule has 6 nitrogen and oxygen atoms in total. The molecule has 0 bridgehead atoms. The third-order valence-electron chi connectivity index (χ3n) is 4.93. The number of phenols is 1. The van der Waals surface area contributed by atoms with Crippen LogP contribution in [0.15, 0.2) is 47.3 Å². The van der Waals surface area contributed by atoms with E-state index in [1.54, 1.807) is 12.1 Å². The zero-order chi connectivity index (χ0) is 21.2. The van der Waals surface area contributed by atoms with Crippen molar-refractivity contribution in [2.45, 2.75) is 38.5 Å². The van der Waals surface area contributed by atoms with Crippen LogP contribution in [0, 0.1) is 0 Å². The number of hydrogen-bond donors (Lipinski definition) is 3. The Bertz CT molecular complexity index is 997. The van der Waals surface area contributed by atoms with E-state index < -0.39 is 0 Å². The van der Waals surface area contributed by atoms with Gasteiger partial charge in [-0.2, -0.15) is 0 Å². The number of aromatic amines is 1. The molecule has 1 amide bonds. The van der Waals surface area contributed by atoms with Crippen LogP contribution in [0.5, 0.6) is 5.75 Å². The number of phenolic OH excluding ortho intramolecular Hbond substituents is 1. The summed E-state index contributed by atoms with van der Waals surface area (Å²) in [4.78, 5) is 26.0. The van der Waals surface area contributed by atoms with Crippen LogP contribution < -0.4 is 10.2 Å². The summed E-state index contributed by atoms with van der Waals surface area (Å²) in [7, 11) is 0. The van der Waals surface area contributed by atoms with Crippen LogP contribution in [0.1, 0.15) is 36.8 Å². The summed E-state index contributed by atoms with van der Waals surface area (Å²) in [6.07, 6.45) is 4.82. The number of carbonyl (C=O) groups is 1. The van der Waals surface area contributed by atoms with Gasteiger partial charge >= 0.3 is 4.87 Å². The highest BCUT2D eigenvalue weighted by Crippen LogP contribution is 2.27. The summed E-state index contributed by atoms with van der Waals surface area (Å²) in [5, 5.41) is 12.8. The molecule has 1 aromatic heterocycles. The fraction of sp³-hybridized carbons (Fsp3) is 0.391. The monoisotopic (exact) mass is 428 g/mol. The lowest BCUT2D eigenvalue weighted by molar-refractivity contribution is -0.121. The Morgan fingerprint density at radius 1 is 1.03 bits per heavy atom. The number of unbranched alkanes of at least 4 members (excludes halogenated alkanes) is 2. The predicted molar refractivity (Wildman–Crippen MR) is 120 cm³/mol. The molecule has 160 valence electrons. The highest BCUT2D eigenvalue weighted by Gasteiger charge is 2.10. The smallest absolute Gasteiger partial charge is 0.305 e. The van der Waals surface area contributed by atoms with Gasteiger partial charge in [-0.05, 0) is 42.9 Å². The highest BCUT2D eigenvalue weighted by atomic mass is 32.1. The van der Waals surface area contributed by atoms with Gasteiger partial charge in [-0.25, -0.2) is 0 Å². The molecule has 0 unspecified atom stereocenters. The number of nitrogens with one attached hydrogen (secondary N) is 2. The molecular weight excluding hydrogens is 400 g/mol. The molecule has 0 saturated carbocycles. The Kier molecular flexibility index (Phi) is 8.47. The molecule has 0 spiro atoms. The molecule has 3 rings (SSSR count). The molecule has 3 aromatic rings. The molecule has 3 N–H and O–H groups in total. The number of hydrogen-bond acceptors (Lipinski definition) is 5. The number of thiazole rings is 1. The number of amides is 1. The normalized spacial score (nSPS) is 11.1. The number of fused-ring (bicyclic) bond motifs is 1. The number of carbonyl (C=O) groups excluding carboxylic acids is 1. The minimum absolute atomic E-state index is 0.0391. The van der Waals surface area contributed by atoms with E-state index in [0.717, 1.165) is 60.5 Å². The molecule has 1 heterocycles. The largest absolute Gasteiger partial charge is 0.506 e. The van der Waals surface area contributed by atoms with Crippen LogP contribution in [-0.4, -0.2) is 35.8 Å². The van der Waals surface area contributed by atoms with Gasteiger partial charge in [0.2, 0.25) is 5.91 Å². The molecule has 0 aliphatic rings. The average molecular weight is 429 g/mol. The van der Waals surface area contributed by atoms with Crippen molar-refractivity contribution < 1.29 is 14.6 Å². The molecule has 0 aliphatic carbocycles. The van der Waals surface area contributed by atoms with E-state index >= 15 is 0 Å². The van der Waals surface area contributed by atoms with Gasteiger partial charge in [0.05, 0.1) is 11.3 Å². The molecule has 7 heteroatoms. The Morgan fingerprint density at radius 2 is 1.87 bits per heavy atom. The lowest BCUT2D eigenvalue weighted by atomic mass is 10.1. The summed E-state index contributed by atoms with van der Waals surface area (Å²) in [5.74, 6) is 0.109. The zero-order valence-electron chi connectivity index (χ0n) is 17.0. The zero-order valence-corrected chi connectivity index (χ0v) is 17.8. The van der Waals surface area contributed by atoms with Gasteiger partial charge in [0.15, 0.2) is 0 Å². The quantitative estimate of drug-likeness (QED) is 0.383. The van der Waals surface area contributed by atoms with E-state index in [4.69, 9.17) is 4.74 Å². The fourth-order valence-corrected chi connectivity index (χ4v) is 4.20. The first-order chi connectivity index (χ1) is 14.6. The fourth-order valence-electron chi connectivity index (χ4n) is 3.30. The van der Waals surface area contributed by atoms with E-state index in [1.165, 1.54) is 5.56 Å². The molecule has 2 aromatic carbocycles. The van der Waals surface area contributed by atoms with Crippen molar-refractivity contribution in [2.24, 2.45) is 0 Å². The van der Waals surface area contributed by atoms with Crippen LogP contribution in [0.2, 0.25) is 0 Å². The Hall–Kier alpha value is -2.64. The minimum Gasteiger partial charge on any atom is -0.506 e. The van der Waals surface area contributed by atoms with E-state index in [2.05, 4.69) is 22.4 Å². The van der Waals surface area contributed by atoms with Crippen molar-refractivity contribution in [3.63, 3.8) is 0 Å². The minimum atomic E-state index is -0.194. The van der Waals surface area contributed by atoms with E-state index in [-0.39, 0.29) is 16.5 Å². The van der Waals surface area contributed by atoms with Gasteiger partial charge < -0.3 is 20.1 Å². The van der Waals surface area contributed by atoms with E-state index in [9.17, 15) is 14.7 Å². The number of rotatable bonds is 12. The lowest BCUT2D eigenvalue weighted by Crippen LogP contribution is -2.25. The Labute approximate surface area is 179 Å². The average Bonchev–Trinajstić information content (AvgIpc) is 3.15. The molecule has 0 aliphatic heterocycles. The van der Waals surface area contributed by atoms with Gasteiger partial charge in [0.25, 0.3) is 0 Å². The first-order valence-corrected chi connectivity index (χ1v) is 11.2. The third kappa shape index (κ3) is 6.71. The molecule has 0 radical (unpaired) electrons. The SMILES string of the molecule is O=C(CCCCCOCCc1ccccc1)NCCc1ccc(O)c2[nH]c(=O)sc12. The number of benzene rings is 2. The van der Waals surface area contributed by atoms with Crippen LogP contribution in [0.4, 0.5) is 0 Å². The Balaban J connectivity index is 1.24. The molecule has 30 heavy (non-hydrogen) atoms.